The monoisotopic (exact) mass is 648 g/mol. The van der Waals surface area contributed by atoms with Gasteiger partial charge in [0.25, 0.3) is 5.91 Å². The standard InChI is InChI=1S/C38H37FN4O5/c1-38(14-16-48-17-15-38)23-43-21-31(25-4-9-28(39)10-5-25)35(44)32(22-43)37(45)42-29-11-6-24(7-12-29)30-18-27(20-41-36(30)40)26-8-13-33(46-2)34(19-26)47-3/h4-13,18-22H,14-17,23H2,1-3H3,(H2,40,41)(H,42,45). The molecule has 1 fully saturated rings. The number of nitrogen functional groups attached to an aromatic ring is 1. The van der Waals surface area contributed by atoms with E-state index < -0.39 is 17.2 Å². The number of hydrogen-bond acceptors (Lipinski definition) is 7. The zero-order chi connectivity index (χ0) is 33.8. The first-order valence-corrected chi connectivity index (χ1v) is 15.6. The summed E-state index contributed by atoms with van der Waals surface area (Å²) in [6.45, 7) is 4.09. The number of ether oxygens (including phenoxy) is 3. The van der Waals surface area contributed by atoms with Crippen LogP contribution in [0.15, 0.2) is 96.2 Å². The lowest BCUT2D eigenvalue weighted by Gasteiger charge is -2.34. The molecule has 0 unspecified atom stereocenters. The second-order valence-corrected chi connectivity index (χ2v) is 12.3. The van der Waals surface area contributed by atoms with Crippen molar-refractivity contribution in [2.45, 2.75) is 26.3 Å². The van der Waals surface area contributed by atoms with E-state index in [9.17, 15) is 14.0 Å². The molecule has 0 spiro atoms. The number of halogens is 1. The van der Waals surface area contributed by atoms with Gasteiger partial charge in [-0.1, -0.05) is 37.3 Å². The Morgan fingerprint density at radius 2 is 1.54 bits per heavy atom. The van der Waals surface area contributed by atoms with Gasteiger partial charge in [-0.15, -0.1) is 0 Å². The van der Waals surface area contributed by atoms with Crippen molar-refractivity contribution >= 4 is 17.4 Å². The van der Waals surface area contributed by atoms with E-state index in [1.807, 2.05) is 41.0 Å². The van der Waals surface area contributed by atoms with Gasteiger partial charge >= 0.3 is 0 Å². The van der Waals surface area contributed by atoms with Gasteiger partial charge in [0.05, 0.1) is 14.2 Å². The normalized spacial score (nSPS) is 13.9. The maximum absolute atomic E-state index is 13.7. The summed E-state index contributed by atoms with van der Waals surface area (Å²) in [6.07, 6.45) is 6.76. The lowest BCUT2D eigenvalue weighted by molar-refractivity contribution is 0.0154. The molecule has 1 saturated heterocycles. The Balaban J connectivity index is 1.28. The third-order valence-electron chi connectivity index (χ3n) is 8.83. The fourth-order valence-electron chi connectivity index (χ4n) is 5.99. The van der Waals surface area contributed by atoms with Crippen LogP contribution in [-0.4, -0.2) is 42.9 Å². The van der Waals surface area contributed by atoms with E-state index in [1.165, 1.54) is 12.1 Å². The number of methoxy groups -OCH3 is 2. The number of aromatic nitrogens is 2. The van der Waals surface area contributed by atoms with Gasteiger partial charge < -0.3 is 29.8 Å². The molecule has 1 amide bonds. The van der Waals surface area contributed by atoms with Crippen LogP contribution in [0.25, 0.3) is 33.4 Å². The number of benzene rings is 3. The van der Waals surface area contributed by atoms with Crippen LogP contribution in [0.2, 0.25) is 0 Å². The Hall–Kier alpha value is -5.48. The zero-order valence-electron chi connectivity index (χ0n) is 27.1. The lowest BCUT2D eigenvalue weighted by Crippen LogP contribution is -2.32. The number of amides is 1. The molecule has 0 radical (unpaired) electrons. The molecular formula is C38H37FN4O5. The van der Waals surface area contributed by atoms with Crippen molar-refractivity contribution in [3.8, 4) is 44.9 Å². The van der Waals surface area contributed by atoms with Gasteiger partial charge in [0, 0.05) is 60.7 Å². The Morgan fingerprint density at radius 3 is 2.23 bits per heavy atom. The van der Waals surface area contributed by atoms with E-state index in [0.717, 1.165) is 35.1 Å². The van der Waals surface area contributed by atoms with Gasteiger partial charge in [-0.3, -0.25) is 9.59 Å². The van der Waals surface area contributed by atoms with Crippen molar-refractivity contribution in [1.29, 1.82) is 0 Å². The van der Waals surface area contributed by atoms with E-state index in [4.69, 9.17) is 19.9 Å². The first kappa shape index (κ1) is 32.5. The molecule has 246 valence electrons. The van der Waals surface area contributed by atoms with Crippen molar-refractivity contribution in [3.63, 3.8) is 0 Å². The van der Waals surface area contributed by atoms with E-state index in [-0.39, 0.29) is 11.0 Å². The third kappa shape index (κ3) is 6.94. The fraction of sp³-hybridized carbons (Fsp3) is 0.237. The molecule has 1 aliphatic heterocycles. The molecule has 3 N–H and O–H groups in total. The van der Waals surface area contributed by atoms with Crippen LogP contribution < -0.4 is 26.0 Å². The van der Waals surface area contributed by atoms with E-state index in [0.29, 0.717) is 53.9 Å². The number of rotatable bonds is 9. The van der Waals surface area contributed by atoms with Crippen LogP contribution in [0.4, 0.5) is 15.9 Å². The average molecular weight is 649 g/mol. The topological polar surface area (TPSA) is 118 Å². The summed E-state index contributed by atoms with van der Waals surface area (Å²) in [5.74, 6) is 0.626. The summed E-state index contributed by atoms with van der Waals surface area (Å²) in [5, 5.41) is 2.88. The minimum Gasteiger partial charge on any atom is -0.493 e. The van der Waals surface area contributed by atoms with E-state index in [2.05, 4.69) is 17.2 Å². The molecule has 5 aromatic rings. The maximum atomic E-state index is 13.7. The van der Waals surface area contributed by atoms with Gasteiger partial charge in [-0.25, -0.2) is 9.37 Å². The van der Waals surface area contributed by atoms with Gasteiger partial charge in [-0.05, 0) is 77.4 Å². The largest absolute Gasteiger partial charge is 0.493 e. The van der Waals surface area contributed by atoms with E-state index >= 15 is 0 Å². The summed E-state index contributed by atoms with van der Waals surface area (Å²) >= 11 is 0. The molecule has 3 heterocycles. The molecule has 9 nitrogen and oxygen atoms in total. The van der Waals surface area contributed by atoms with Crippen LogP contribution in [0, 0.1) is 11.2 Å². The number of carbonyl (C=O) groups excluding carboxylic acids is 1. The second kappa shape index (κ2) is 13.7. The minimum atomic E-state index is -0.542. The highest BCUT2D eigenvalue weighted by Gasteiger charge is 2.28. The molecule has 0 bridgehead atoms. The molecule has 48 heavy (non-hydrogen) atoms. The summed E-state index contributed by atoms with van der Waals surface area (Å²) in [6, 6.07) is 20.4. The van der Waals surface area contributed by atoms with E-state index in [1.54, 1.807) is 57.1 Å². The predicted molar refractivity (Wildman–Crippen MR) is 185 cm³/mol. The van der Waals surface area contributed by atoms with Crippen LogP contribution in [-0.2, 0) is 11.3 Å². The predicted octanol–water partition coefficient (Wildman–Crippen LogP) is 7.05. The number of nitrogens with one attached hydrogen (secondary N) is 1. The molecule has 6 rings (SSSR count). The molecule has 10 heteroatoms. The van der Waals surface area contributed by atoms with Gasteiger partial charge in [0.15, 0.2) is 11.5 Å². The SMILES string of the molecule is COc1ccc(-c2cnc(N)c(-c3ccc(NC(=O)c4cn(CC5(C)CCOCC5)cc(-c5ccc(F)cc5)c4=O)cc3)c2)cc1OC. The highest BCUT2D eigenvalue weighted by molar-refractivity contribution is 6.04. The Bertz CT molecular complexity index is 2000. The Kier molecular flexibility index (Phi) is 9.27. The van der Waals surface area contributed by atoms with Crippen molar-refractivity contribution in [2.24, 2.45) is 5.41 Å². The molecule has 0 aliphatic carbocycles. The summed E-state index contributed by atoms with van der Waals surface area (Å²) in [4.78, 5) is 31.8. The molecule has 3 aromatic carbocycles. The molecule has 0 atom stereocenters. The number of hydrogen-bond donors (Lipinski definition) is 2. The summed E-state index contributed by atoms with van der Waals surface area (Å²) in [7, 11) is 3.17. The zero-order valence-corrected chi connectivity index (χ0v) is 27.1. The molecule has 1 aliphatic rings. The number of nitrogens with two attached hydrogens (primary N) is 1. The van der Waals surface area contributed by atoms with Crippen LogP contribution >= 0.6 is 0 Å². The molecule has 2 aromatic heterocycles. The van der Waals surface area contributed by atoms with Crippen LogP contribution in [0.1, 0.15) is 30.1 Å². The third-order valence-corrected chi connectivity index (χ3v) is 8.83. The number of pyridine rings is 2. The second-order valence-electron chi connectivity index (χ2n) is 12.3. The maximum Gasteiger partial charge on any atom is 0.261 e. The smallest absolute Gasteiger partial charge is 0.261 e. The highest BCUT2D eigenvalue weighted by Crippen LogP contribution is 2.35. The first-order valence-electron chi connectivity index (χ1n) is 15.6. The molecule has 0 saturated carbocycles. The van der Waals surface area contributed by atoms with Crippen LogP contribution in [0.3, 0.4) is 0 Å². The quantitative estimate of drug-likeness (QED) is 0.176. The fourth-order valence-corrected chi connectivity index (χ4v) is 5.99. The summed E-state index contributed by atoms with van der Waals surface area (Å²) in [5.41, 5.74) is 10.4. The highest BCUT2D eigenvalue weighted by atomic mass is 19.1. The van der Waals surface area contributed by atoms with Gasteiger partial charge in [-0.2, -0.15) is 0 Å². The average Bonchev–Trinajstić information content (AvgIpc) is 3.10. The number of carbonyl (C=O) groups is 1. The summed E-state index contributed by atoms with van der Waals surface area (Å²) < 4.78 is 32.0. The number of anilines is 2. The van der Waals surface area contributed by atoms with Gasteiger partial charge in [0.1, 0.15) is 17.2 Å². The Labute approximate surface area is 278 Å². The Morgan fingerprint density at radius 1 is 0.896 bits per heavy atom. The van der Waals surface area contributed by atoms with Crippen molar-refractivity contribution in [3.05, 3.63) is 113 Å². The van der Waals surface area contributed by atoms with Crippen LogP contribution in [0.5, 0.6) is 11.5 Å². The van der Waals surface area contributed by atoms with Crippen molar-refractivity contribution in [2.75, 3.05) is 38.5 Å². The van der Waals surface area contributed by atoms with Crippen molar-refractivity contribution in [1.82, 2.24) is 9.55 Å². The van der Waals surface area contributed by atoms with Gasteiger partial charge in [0.2, 0.25) is 5.43 Å². The molecular weight excluding hydrogens is 611 g/mol. The first-order chi connectivity index (χ1) is 23.2. The number of nitrogens with zero attached hydrogens (tertiary/aromatic N) is 2. The minimum absolute atomic E-state index is 0.00683. The lowest BCUT2D eigenvalue weighted by atomic mass is 9.82. The van der Waals surface area contributed by atoms with Crippen molar-refractivity contribution < 1.29 is 23.4 Å².